The van der Waals surface area contributed by atoms with Crippen LogP contribution in [0.5, 0.6) is 0 Å². The van der Waals surface area contributed by atoms with Crippen LogP contribution in [-0.2, 0) is 16.2 Å². The maximum atomic E-state index is 3.79. The minimum atomic E-state index is -0.0580. The van der Waals surface area contributed by atoms with E-state index in [1.165, 1.54) is 38.9 Å². The van der Waals surface area contributed by atoms with Crippen molar-refractivity contribution in [2.75, 3.05) is 5.32 Å². The van der Waals surface area contributed by atoms with Gasteiger partial charge in [-0.05, 0) is 63.1 Å². The molecular weight excluding hydrogens is 422 g/mol. The van der Waals surface area contributed by atoms with Gasteiger partial charge in [-0.1, -0.05) is 115 Å². The van der Waals surface area contributed by atoms with E-state index in [-0.39, 0.29) is 16.2 Å². The van der Waals surface area contributed by atoms with Crippen LogP contribution in [0.4, 0.5) is 11.4 Å². The van der Waals surface area contributed by atoms with Gasteiger partial charge in [-0.15, -0.1) is 0 Å². The predicted molar refractivity (Wildman–Crippen MR) is 151 cm³/mol. The number of hydrogen-bond donors (Lipinski definition) is 1. The average molecular weight is 460 g/mol. The molecule has 1 heteroatoms. The summed E-state index contributed by atoms with van der Waals surface area (Å²) in [6.07, 6.45) is 0. The Morgan fingerprint density at radius 3 is 1.77 bits per heavy atom. The number of hydrogen-bond acceptors (Lipinski definition) is 1. The zero-order valence-corrected chi connectivity index (χ0v) is 22.2. The van der Waals surface area contributed by atoms with Crippen LogP contribution in [0, 0.1) is 0 Å². The first kappa shape index (κ1) is 23.4. The Labute approximate surface area is 211 Å². The molecule has 0 amide bonds. The highest BCUT2D eigenvalue weighted by Crippen LogP contribution is 2.50. The Bertz CT molecular complexity index is 1380. The minimum absolute atomic E-state index is 0.0243. The molecular formula is C34H37N. The van der Waals surface area contributed by atoms with Gasteiger partial charge in [0.25, 0.3) is 0 Å². The predicted octanol–water partition coefficient (Wildman–Crippen LogP) is 9.36. The van der Waals surface area contributed by atoms with Crippen molar-refractivity contribution in [3.63, 3.8) is 0 Å². The Hall–Kier alpha value is -3.32. The van der Waals surface area contributed by atoms with Gasteiger partial charge in [-0.2, -0.15) is 0 Å². The van der Waals surface area contributed by atoms with Crippen LogP contribution in [0.15, 0.2) is 91.0 Å². The van der Waals surface area contributed by atoms with E-state index in [2.05, 4.69) is 145 Å². The van der Waals surface area contributed by atoms with E-state index in [0.717, 1.165) is 11.4 Å². The van der Waals surface area contributed by atoms with Crippen molar-refractivity contribution in [3.8, 4) is 11.1 Å². The number of anilines is 2. The van der Waals surface area contributed by atoms with Crippen LogP contribution >= 0.6 is 0 Å². The maximum Gasteiger partial charge on any atom is 0.0464 e. The molecule has 0 fully saturated rings. The van der Waals surface area contributed by atoms with E-state index in [0.29, 0.717) is 0 Å². The highest BCUT2D eigenvalue weighted by atomic mass is 14.9. The van der Waals surface area contributed by atoms with Crippen LogP contribution in [0.25, 0.3) is 11.1 Å². The molecule has 5 rings (SSSR count). The summed E-state index contributed by atoms with van der Waals surface area (Å²) in [4.78, 5) is 0. The quantitative estimate of drug-likeness (QED) is 0.322. The molecule has 1 aliphatic rings. The Balaban J connectivity index is 1.61. The third-order valence-corrected chi connectivity index (χ3v) is 7.89. The topological polar surface area (TPSA) is 12.0 Å². The van der Waals surface area contributed by atoms with Crippen molar-refractivity contribution < 1.29 is 0 Å². The molecule has 4 aromatic carbocycles. The fourth-order valence-corrected chi connectivity index (χ4v) is 5.68. The number of fused-ring (bicyclic) bond motifs is 2. The zero-order valence-electron chi connectivity index (χ0n) is 22.2. The van der Waals surface area contributed by atoms with E-state index in [1.54, 1.807) is 0 Å². The van der Waals surface area contributed by atoms with Crippen LogP contribution < -0.4 is 5.32 Å². The van der Waals surface area contributed by atoms with Crippen molar-refractivity contribution in [2.45, 2.75) is 64.7 Å². The van der Waals surface area contributed by atoms with Gasteiger partial charge in [-0.25, -0.2) is 0 Å². The van der Waals surface area contributed by atoms with Crippen LogP contribution in [0.2, 0.25) is 0 Å². The molecule has 178 valence electrons. The monoisotopic (exact) mass is 459 g/mol. The van der Waals surface area contributed by atoms with Gasteiger partial charge in [0.1, 0.15) is 0 Å². The summed E-state index contributed by atoms with van der Waals surface area (Å²) in [5.41, 5.74) is 11.8. The normalized spacial score (nSPS) is 15.7. The highest BCUT2D eigenvalue weighted by molar-refractivity contribution is 5.82. The van der Waals surface area contributed by atoms with Gasteiger partial charge >= 0.3 is 0 Å². The van der Waals surface area contributed by atoms with Crippen molar-refractivity contribution in [1.29, 1.82) is 0 Å². The average Bonchev–Trinajstić information content (AvgIpc) is 2.83. The van der Waals surface area contributed by atoms with Gasteiger partial charge in [0, 0.05) is 27.8 Å². The number of benzene rings is 4. The molecule has 0 aromatic heterocycles. The first-order chi connectivity index (χ1) is 16.5. The van der Waals surface area contributed by atoms with Crippen LogP contribution in [0.1, 0.15) is 76.3 Å². The Morgan fingerprint density at radius 1 is 0.571 bits per heavy atom. The molecule has 0 saturated heterocycles. The summed E-state index contributed by atoms with van der Waals surface area (Å²) in [6.45, 7) is 16.2. The summed E-state index contributed by atoms with van der Waals surface area (Å²) in [7, 11) is 0. The van der Waals surface area contributed by atoms with Crippen molar-refractivity contribution >= 4 is 11.4 Å². The van der Waals surface area contributed by atoms with Crippen molar-refractivity contribution in [2.24, 2.45) is 0 Å². The first-order valence-corrected chi connectivity index (χ1v) is 12.7. The lowest BCUT2D eigenvalue weighted by Gasteiger charge is -2.44. The second-order valence-corrected chi connectivity index (χ2v) is 12.1. The molecule has 0 radical (unpaired) electrons. The highest BCUT2D eigenvalue weighted by Gasteiger charge is 2.41. The third kappa shape index (κ3) is 3.97. The molecule has 0 unspecified atom stereocenters. The molecule has 0 spiro atoms. The number of nitrogens with one attached hydrogen (secondary N) is 1. The van der Waals surface area contributed by atoms with Gasteiger partial charge in [0.05, 0.1) is 0 Å². The molecule has 4 aromatic rings. The molecule has 0 heterocycles. The molecule has 1 nitrogen and oxygen atoms in total. The summed E-state index contributed by atoms with van der Waals surface area (Å²) < 4.78 is 0. The Morgan fingerprint density at radius 2 is 1.14 bits per heavy atom. The molecule has 0 aliphatic heterocycles. The van der Waals surface area contributed by atoms with E-state index in [9.17, 15) is 0 Å². The maximum absolute atomic E-state index is 3.79. The summed E-state index contributed by atoms with van der Waals surface area (Å²) >= 11 is 0. The van der Waals surface area contributed by atoms with E-state index in [4.69, 9.17) is 0 Å². The molecule has 0 atom stereocenters. The van der Waals surface area contributed by atoms with Crippen molar-refractivity contribution in [1.82, 2.24) is 0 Å². The lowest BCUT2D eigenvalue weighted by molar-refractivity contribution is 0.521. The van der Waals surface area contributed by atoms with E-state index < -0.39 is 0 Å². The summed E-state index contributed by atoms with van der Waals surface area (Å²) in [6, 6.07) is 33.5. The number of rotatable bonds is 3. The van der Waals surface area contributed by atoms with Gasteiger partial charge in [-0.3, -0.25) is 0 Å². The van der Waals surface area contributed by atoms with Gasteiger partial charge < -0.3 is 5.32 Å². The smallest absolute Gasteiger partial charge is 0.0464 e. The minimum Gasteiger partial charge on any atom is -0.355 e. The molecule has 35 heavy (non-hydrogen) atoms. The SMILES string of the molecule is CC(C)(C)c1ccc(Nc2ccc3c(c2)C(C)(C)c2ccccc2C3(C)C)c(-c2ccccc2)c1. The third-order valence-electron chi connectivity index (χ3n) is 7.89. The first-order valence-electron chi connectivity index (χ1n) is 12.7. The summed E-state index contributed by atoms with van der Waals surface area (Å²) in [5, 5.41) is 3.79. The standard InChI is InChI=1S/C34H37N/c1-32(2,3)24-17-20-31(26(21-24)23-13-9-8-10-14-23)35-25-18-19-29-30(22-25)34(6,7)28-16-12-11-15-27(28)33(29,4)5/h8-22,35H,1-7H3. The second kappa shape index (κ2) is 8.12. The molecule has 1 aliphatic carbocycles. The zero-order chi connectivity index (χ0) is 25.0. The van der Waals surface area contributed by atoms with Crippen LogP contribution in [0.3, 0.4) is 0 Å². The van der Waals surface area contributed by atoms with Gasteiger partial charge in [0.15, 0.2) is 0 Å². The summed E-state index contributed by atoms with van der Waals surface area (Å²) in [5.74, 6) is 0. The van der Waals surface area contributed by atoms with Crippen molar-refractivity contribution in [3.05, 3.63) is 119 Å². The lowest BCUT2D eigenvalue weighted by atomic mass is 9.60. The second-order valence-electron chi connectivity index (χ2n) is 12.1. The van der Waals surface area contributed by atoms with E-state index >= 15 is 0 Å². The van der Waals surface area contributed by atoms with Gasteiger partial charge in [0.2, 0.25) is 0 Å². The molecule has 0 saturated carbocycles. The largest absolute Gasteiger partial charge is 0.355 e. The molecule has 0 bridgehead atoms. The fourth-order valence-electron chi connectivity index (χ4n) is 5.68. The lowest BCUT2D eigenvalue weighted by Crippen LogP contribution is -2.36. The van der Waals surface area contributed by atoms with Crippen LogP contribution in [-0.4, -0.2) is 0 Å². The Kier molecular flexibility index (Phi) is 5.44. The van der Waals surface area contributed by atoms with E-state index in [1.807, 2.05) is 0 Å². The molecule has 1 N–H and O–H groups in total. The fraction of sp³-hybridized carbons (Fsp3) is 0.294.